The van der Waals surface area contributed by atoms with E-state index in [9.17, 15) is 4.79 Å². The average Bonchev–Trinajstić information content (AvgIpc) is 2.27. The Morgan fingerprint density at radius 1 is 1.44 bits per heavy atom. The van der Waals surface area contributed by atoms with Crippen LogP contribution in [0.25, 0.3) is 0 Å². The first-order valence-corrected chi connectivity index (χ1v) is 5.95. The third kappa shape index (κ3) is 3.76. The maximum Gasteiger partial charge on any atom is 0.309 e. The Kier molecular flexibility index (Phi) is 4.74. The van der Waals surface area contributed by atoms with Crippen LogP contribution >= 0.6 is 0 Å². The van der Waals surface area contributed by atoms with Crippen molar-refractivity contribution in [3.8, 4) is 0 Å². The lowest BCUT2D eigenvalue weighted by atomic mass is 9.89. The number of hydrogen-bond acceptors (Lipinski definition) is 3. The van der Waals surface area contributed by atoms with Gasteiger partial charge < -0.3 is 14.7 Å². The highest BCUT2D eigenvalue weighted by Gasteiger charge is 2.28. The summed E-state index contributed by atoms with van der Waals surface area (Å²) in [4.78, 5) is 13.2. The Labute approximate surface area is 97.6 Å². The van der Waals surface area contributed by atoms with Gasteiger partial charge >= 0.3 is 5.97 Å². The van der Waals surface area contributed by atoms with Crippen molar-refractivity contribution in [2.45, 2.75) is 39.2 Å². The van der Waals surface area contributed by atoms with E-state index in [0.29, 0.717) is 12.5 Å². The molecule has 0 bridgehead atoms. The molecule has 0 radical (unpaired) electrons. The third-order valence-electron chi connectivity index (χ3n) is 3.48. The van der Waals surface area contributed by atoms with E-state index in [0.717, 1.165) is 32.6 Å². The standard InChI is InChI=1S/C12H23NO3/c1-12(2,11(14)15)6-7-13(3)10-4-8-16-9-5-10/h10H,4-9H2,1-3H3,(H,14,15). The van der Waals surface area contributed by atoms with E-state index >= 15 is 0 Å². The molecule has 4 heteroatoms. The van der Waals surface area contributed by atoms with Crippen molar-refractivity contribution >= 4 is 5.97 Å². The molecule has 1 rings (SSSR count). The van der Waals surface area contributed by atoms with Gasteiger partial charge in [-0.05, 0) is 46.7 Å². The minimum Gasteiger partial charge on any atom is -0.481 e. The van der Waals surface area contributed by atoms with Gasteiger partial charge in [0.1, 0.15) is 0 Å². The number of hydrogen-bond donors (Lipinski definition) is 1. The quantitative estimate of drug-likeness (QED) is 0.778. The van der Waals surface area contributed by atoms with Gasteiger partial charge in [-0.2, -0.15) is 0 Å². The number of carboxylic acid groups (broad SMARTS) is 1. The molecule has 0 aromatic heterocycles. The van der Waals surface area contributed by atoms with Gasteiger partial charge in [-0.15, -0.1) is 0 Å². The molecule has 1 saturated heterocycles. The molecular formula is C12H23NO3. The average molecular weight is 229 g/mol. The van der Waals surface area contributed by atoms with Crippen molar-refractivity contribution in [3.05, 3.63) is 0 Å². The fourth-order valence-electron chi connectivity index (χ4n) is 1.87. The number of nitrogens with zero attached hydrogens (tertiary/aromatic N) is 1. The molecule has 0 unspecified atom stereocenters. The van der Waals surface area contributed by atoms with Crippen molar-refractivity contribution in [1.29, 1.82) is 0 Å². The molecule has 0 spiro atoms. The second-order valence-electron chi connectivity index (χ2n) is 5.26. The van der Waals surface area contributed by atoms with Crippen molar-refractivity contribution < 1.29 is 14.6 Å². The van der Waals surface area contributed by atoms with Crippen LogP contribution in [-0.4, -0.2) is 48.8 Å². The lowest BCUT2D eigenvalue weighted by Gasteiger charge is -2.32. The predicted octanol–water partition coefficient (Wildman–Crippen LogP) is 1.60. The number of aliphatic carboxylic acids is 1. The minimum atomic E-state index is -0.715. The first kappa shape index (κ1) is 13.5. The zero-order valence-corrected chi connectivity index (χ0v) is 10.5. The van der Waals surface area contributed by atoms with Crippen LogP contribution in [-0.2, 0) is 9.53 Å². The second-order valence-corrected chi connectivity index (χ2v) is 5.26. The maximum atomic E-state index is 11.0. The predicted molar refractivity (Wildman–Crippen MR) is 62.5 cm³/mol. The van der Waals surface area contributed by atoms with Gasteiger partial charge in [-0.1, -0.05) is 0 Å². The van der Waals surface area contributed by atoms with E-state index in [4.69, 9.17) is 9.84 Å². The van der Waals surface area contributed by atoms with Gasteiger partial charge in [0.05, 0.1) is 5.41 Å². The minimum absolute atomic E-state index is 0.554. The molecule has 0 saturated carbocycles. The first-order chi connectivity index (χ1) is 7.43. The maximum absolute atomic E-state index is 11.0. The van der Waals surface area contributed by atoms with Crippen LogP contribution in [0, 0.1) is 5.41 Å². The Balaban J connectivity index is 2.33. The largest absolute Gasteiger partial charge is 0.481 e. The molecule has 4 nitrogen and oxygen atoms in total. The molecule has 0 aliphatic carbocycles. The monoisotopic (exact) mass is 229 g/mol. The SMILES string of the molecule is CN(CCC(C)(C)C(=O)O)C1CCOCC1. The second kappa shape index (κ2) is 5.64. The van der Waals surface area contributed by atoms with Crippen LogP contribution in [0.15, 0.2) is 0 Å². The van der Waals surface area contributed by atoms with Gasteiger partial charge in [-0.3, -0.25) is 4.79 Å². The van der Waals surface area contributed by atoms with Crippen LogP contribution in [0.5, 0.6) is 0 Å². The van der Waals surface area contributed by atoms with E-state index < -0.39 is 11.4 Å². The molecule has 0 atom stereocenters. The number of carbonyl (C=O) groups is 1. The van der Waals surface area contributed by atoms with E-state index in [1.165, 1.54) is 0 Å². The molecule has 0 amide bonds. The Morgan fingerprint density at radius 2 is 2.00 bits per heavy atom. The summed E-state index contributed by atoms with van der Waals surface area (Å²) in [7, 11) is 2.08. The number of carboxylic acids is 1. The summed E-state index contributed by atoms with van der Waals surface area (Å²) >= 11 is 0. The topological polar surface area (TPSA) is 49.8 Å². The fraction of sp³-hybridized carbons (Fsp3) is 0.917. The summed E-state index contributed by atoms with van der Waals surface area (Å²) in [6.45, 7) is 6.07. The van der Waals surface area contributed by atoms with Crippen molar-refractivity contribution in [2.24, 2.45) is 5.41 Å². The van der Waals surface area contributed by atoms with Crippen LogP contribution in [0.1, 0.15) is 33.1 Å². The summed E-state index contributed by atoms with van der Waals surface area (Å²) in [5.74, 6) is -0.715. The van der Waals surface area contributed by atoms with Gasteiger partial charge in [-0.25, -0.2) is 0 Å². The molecule has 94 valence electrons. The first-order valence-electron chi connectivity index (χ1n) is 5.95. The molecule has 0 aromatic rings. The zero-order valence-electron chi connectivity index (χ0n) is 10.5. The molecule has 1 N–H and O–H groups in total. The normalized spacial score (nSPS) is 19.0. The van der Waals surface area contributed by atoms with E-state index in [-0.39, 0.29) is 0 Å². The fourth-order valence-corrected chi connectivity index (χ4v) is 1.87. The molecule has 1 heterocycles. The lowest BCUT2D eigenvalue weighted by molar-refractivity contribution is -0.147. The van der Waals surface area contributed by atoms with Gasteiger partial charge in [0.2, 0.25) is 0 Å². The molecule has 1 aliphatic rings. The molecule has 16 heavy (non-hydrogen) atoms. The highest BCUT2D eigenvalue weighted by atomic mass is 16.5. The third-order valence-corrected chi connectivity index (χ3v) is 3.48. The van der Waals surface area contributed by atoms with Gasteiger partial charge in [0.15, 0.2) is 0 Å². The summed E-state index contributed by atoms with van der Waals surface area (Å²) in [6, 6.07) is 0.554. The highest BCUT2D eigenvalue weighted by molar-refractivity contribution is 5.73. The number of ether oxygens (including phenoxy) is 1. The van der Waals surface area contributed by atoms with Crippen LogP contribution in [0.3, 0.4) is 0 Å². The van der Waals surface area contributed by atoms with Crippen LogP contribution < -0.4 is 0 Å². The summed E-state index contributed by atoms with van der Waals surface area (Å²) in [5, 5.41) is 9.03. The smallest absolute Gasteiger partial charge is 0.309 e. The van der Waals surface area contributed by atoms with Crippen LogP contribution in [0.2, 0.25) is 0 Å². The molecule has 1 aliphatic heterocycles. The van der Waals surface area contributed by atoms with E-state index in [1.54, 1.807) is 13.8 Å². The Bertz CT molecular complexity index is 234. The van der Waals surface area contributed by atoms with Crippen LogP contribution in [0.4, 0.5) is 0 Å². The zero-order chi connectivity index (χ0) is 12.2. The summed E-state index contributed by atoms with van der Waals surface area (Å²) in [5.41, 5.74) is -0.626. The highest BCUT2D eigenvalue weighted by Crippen LogP contribution is 2.22. The number of rotatable bonds is 5. The van der Waals surface area contributed by atoms with Crippen molar-refractivity contribution in [3.63, 3.8) is 0 Å². The van der Waals surface area contributed by atoms with Crippen molar-refractivity contribution in [1.82, 2.24) is 4.90 Å². The summed E-state index contributed by atoms with van der Waals surface area (Å²) < 4.78 is 5.31. The van der Waals surface area contributed by atoms with Gasteiger partial charge in [0.25, 0.3) is 0 Å². The summed E-state index contributed by atoms with van der Waals surface area (Å²) in [6.07, 6.45) is 2.81. The van der Waals surface area contributed by atoms with Gasteiger partial charge in [0, 0.05) is 19.3 Å². The Hall–Kier alpha value is -0.610. The van der Waals surface area contributed by atoms with Crippen molar-refractivity contribution in [2.75, 3.05) is 26.8 Å². The van der Waals surface area contributed by atoms with E-state index in [2.05, 4.69) is 11.9 Å². The molecule has 0 aromatic carbocycles. The van der Waals surface area contributed by atoms with E-state index in [1.807, 2.05) is 0 Å². The molecule has 1 fully saturated rings. The lowest BCUT2D eigenvalue weighted by Crippen LogP contribution is -2.39. The Morgan fingerprint density at radius 3 is 2.50 bits per heavy atom. The molecular weight excluding hydrogens is 206 g/mol.